The monoisotopic (exact) mass is 277 g/mol. The molecule has 1 aromatic carbocycles. The Kier molecular flexibility index (Phi) is 4.11. The summed E-state index contributed by atoms with van der Waals surface area (Å²) in [5.74, 6) is -0.213. The molecule has 0 fully saturated rings. The SMILES string of the molecule is CCC(CO)(CO)NC(=O)c1oc2ccccc2c1C. The van der Waals surface area contributed by atoms with Gasteiger partial charge in [0.15, 0.2) is 5.76 Å². The van der Waals surface area contributed by atoms with Crippen molar-refractivity contribution in [3.63, 3.8) is 0 Å². The lowest BCUT2D eigenvalue weighted by Gasteiger charge is -2.29. The first kappa shape index (κ1) is 14.6. The van der Waals surface area contributed by atoms with Crippen molar-refractivity contribution in [2.45, 2.75) is 25.8 Å². The number of para-hydroxylation sites is 1. The Balaban J connectivity index is 2.34. The second-order valence-corrected chi connectivity index (χ2v) is 4.96. The van der Waals surface area contributed by atoms with Crippen LogP contribution in [0.1, 0.15) is 29.5 Å². The van der Waals surface area contributed by atoms with Crippen LogP contribution in [-0.4, -0.2) is 34.9 Å². The fraction of sp³-hybridized carbons (Fsp3) is 0.400. The van der Waals surface area contributed by atoms with Crippen LogP contribution in [0.2, 0.25) is 0 Å². The second kappa shape index (κ2) is 5.64. The molecule has 5 nitrogen and oxygen atoms in total. The molecule has 0 spiro atoms. The predicted molar refractivity (Wildman–Crippen MR) is 75.6 cm³/mol. The van der Waals surface area contributed by atoms with Crippen LogP contribution in [0.15, 0.2) is 28.7 Å². The van der Waals surface area contributed by atoms with E-state index < -0.39 is 11.4 Å². The zero-order chi connectivity index (χ0) is 14.8. The summed E-state index contributed by atoms with van der Waals surface area (Å²) in [7, 11) is 0. The fourth-order valence-electron chi connectivity index (χ4n) is 2.13. The summed E-state index contributed by atoms with van der Waals surface area (Å²) in [6.07, 6.45) is 0.422. The average molecular weight is 277 g/mol. The molecule has 5 heteroatoms. The third-order valence-electron chi connectivity index (χ3n) is 3.71. The van der Waals surface area contributed by atoms with Crippen molar-refractivity contribution in [2.24, 2.45) is 0 Å². The van der Waals surface area contributed by atoms with Crippen molar-refractivity contribution in [2.75, 3.05) is 13.2 Å². The van der Waals surface area contributed by atoms with Gasteiger partial charge in [0.1, 0.15) is 5.58 Å². The lowest BCUT2D eigenvalue weighted by Crippen LogP contribution is -2.53. The zero-order valence-corrected chi connectivity index (χ0v) is 11.6. The molecule has 0 aliphatic carbocycles. The summed E-state index contributed by atoms with van der Waals surface area (Å²) in [6.45, 7) is 2.94. The van der Waals surface area contributed by atoms with E-state index in [0.29, 0.717) is 12.0 Å². The van der Waals surface area contributed by atoms with Gasteiger partial charge in [-0.25, -0.2) is 0 Å². The summed E-state index contributed by atoms with van der Waals surface area (Å²) in [4.78, 5) is 12.3. The number of carbonyl (C=O) groups excluding carboxylic acids is 1. The van der Waals surface area contributed by atoms with Gasteiger partial charge in [-0.15, -0.1) is 0 Å². The molecular formula is C15H19NO4. The molecule has 0 bridgehead atoms. The quantitative estimate of drug-likeness (QED) is 0.775. The van der Waals surface area contributed by atoms with E-state index in [2.05, 4.69) is 5.32 Å². The van der Waals surface area contributed by atoms with E-state index in [1.807, 2.05) is 25.1 Å². The average Bonchev–Trinajstić information content (AvgIpc) is 2.83. The van der Waals surface area contributed by atoms with Crippen molar-refractivity contribution in [1.82, 2.24) is 5.32 Å². The van der Waals surface area contributed by atoms with E-state index in [1.165, 1.54) is 0 Å². The van der Waals surface area contributed by atoms with Crippen molar-refractivity contribution in [3.8, 4) is 0 Å². The van der Waals surface area contributed by atoms with Crippen molar-refractivity contribution < 1.29 is 19.4 Å². The summed E-state index contributed by atoms with van der Waals surface area (Å²) in [5.41, 5.74) is 0.368. The number of aliphatic hydroxyl groups is 2. The number of carbonyl (C=O) groups is 1. The van der Waals surface area contributed by atoms with E-state index in [9.17, 15) is 15.0 Å². The van der Waals surface area contributed by atoms with E-state index in [1.54, 1.807) is 13.0 Å². The fourth-order valence-corrected chi connectivity index (χ4v) is 2.13. The van der Waals surface area contributed by atoms with Gasteiger partial charge < -0.3 is 19.9 Å². The summed E-state index contributed by atoms with van der Waals surface area (Å²) in [5, 5.41) is 22.3. The summed E-state index contributed by atoms with van der Waals surface area (Å²) in [6, 6.07) is 7.40. The molecule has 0 unspecified atom stereocenters. The minimum absolute atomic E-state index is 0.214. The minimum atomic E-state index is -1.03. The van der Waals surface area contributed by atoms with Gasteiger partial charge in [-0.05, 0) is 19.4 Å². The van der Waals surface area contributed by atoms with Crippen LogP contribution in [-0.2, 0) is 0 Å². The zero-order valence-electron chi connectivity index (χ0n) is 11.6. The normalized spacial score (nSPS) is 11.8. The van der Waals surface area contributed by atoms with E-state index in [0.717, 1.165) is 10.9 Å². The first-order chi connectivity index (χ1) is 9.56. The van der Waals surface area contributed by atoms with Gasteiger partial charge in [0.2, 0.25) is 0 Å². The molecule has 1 heterocycles. The Morgan fingerprint density at radius 1 is 1.30 bits per heavy atom. The number of aryl methyl sites for hydroxylation is 1. The topological polar surface area (TPSA) is 82.7 Å². The number of furan rings is 1. The van der Waals surface area contributed by atoms with Crippen molar-refractivity contribution >= 4 is 16.9 Å². The van der Waals surface area contributed by atoms with Crippen LogP contribution in [0.4, 0.5) is 0 Å². The molecule has 3 N–H and O–H groups in total. The van der Waals surface area contributed by atoms with Gasteiger partial charge in [-0.1, -0.05) is 25.1 Å². The molecule has 0 atom stereocenters. The first-order valence-corrected chi connectivity index (χ1v) is 6.59. The predicted octanol–water partition coefficient (Wildman–Crippen LogP) is 1.60. The van der Waals surface area contributed by atoms with Crippen LogP contribution in [0.5, 0.6) is 0 Å². The molecule has 0 aliphatic heterocycles. The van der Waals surface area contributed by atoms with Crippen LogP contribution >= 0.6 is 0 Å². The Bertz CT molecular complexity index is 605. The number of hydrogen-bond donors (Lipinski definition) is 3. The minimum Gasteiger partial charge on any atom is -0.451 e. The number of nitrogens with one attached hydrogen (secondary N) is 1. The van der Waals surface area contributed by atoms with Gasteiger partial charge >= 0.3 is 0 Å². The Hall–Kier alpha value is -1.85. The number of benzene rings is 1. The van der Waals surface area contributed by atoms with Crippen LogP contribution in [0, 0.1) is 6.92 Å². The molecule has 1 aromatic heterocycles. The third kappa shape index (κ3) is 2.42. The number of amides is 1. The number of aliphatic hydroxyl groups excluding tert-OH is 2. The highest BCUT2D eigenvalue weighted by Gasteiger charge is 2.31. The standard InChI is InChI=1S/C15H19NO4/c1-3-15(8-17,9-18)16-14(19)13-10(2)11-6-4-5-7-12(11)20-13/h4-7,17-18H,3,8-9H2,1-2H3,(H,16,19). The highest BCUT2D eigenvalue weighted by atomic mass is 16.3. The largest absolute Gasteiger partial charge is 0.451 e. The summed E-state index contributed by atoms with van der Waals surface area (Å²) >= 11 is 0. The lowest BCUT2D eigenvalue weighted by molar-refractivity contribution is 0.0633. The number of rotatable bonds is 5. The molecular weight excluding hydrogens is 258 g/mol. The van der Waals surface area contributed by atoms with Crippen LogP contribution < -0.4 is 5.32 Å². The number of hydrogen-bond acceptors (Lipinski definition) is 4. The summed E-state index contributed by atoms with van der Waals surface area (Å²) < 4.78 is 5.56. The molecule has 1 amide bonds. The highest BCUT2D eigenvalue weighted by Crippen LogP contribution is 2.25. The van der Waals surface area contributed by atoms with E-state index >= 15 is 0 Å². The molecule has 20 heavy (non-hydrogen) atoms. The van der Waals surface area contributed by atoms with Gasteiger partial charge in [0.25, 0.3) is 5.91 Å². The molecule has 0 saturated carbocycles. The maximum absolute atomic E-state index is 12.3. The smallest absolute Gasteiger partial charge is 0.287 e. The maximum atomic E-state index is 12.3. The van der Waals surface area contributed by atoms with Crippen molar-refractivity contribution in [3.05, 3.63) is 35.6 Å². The van der Waals surface area contributed by atoms with E-state index in [-0.39, 0.29) is 19.0 Å². The van der Waals surface area contributed by atoms with Crippen LogP contribution in [0.25, 0.3) is 11.0 Å². The van der Waals surface area contributed by atoms with Gasteiger partial charge in [0, 0.05) is 10.9 Å². The molecule has 108 valence electrons. The molecule has 0 saturated heterocycles. The maximum Gasteiger partial charge on any atom is 0.287 e. The Morgan fingerprint density at radius 2 is 1.95 bits per heavy atom. The van der Waals surface area contributed by atoms with Crippen molar-refractivity contribution in [1.29, 1.82) is 0 Å². The highest BCUT2D eigenvalue weighted by molar-refractivity contribution is 5.99. The Labute approximate surface area is 117 Å². The molecule has 0 aliphatic rings. The molecule has 2 aromatic rings. The lowest BCUT2D eigenvalue weighted by atomic mass is 9.98. The molecule has 2 rings (SSSR count). The number of fused-ring (bicyclic) bond motifs is 1. The van der Waals surface area contributed by atoms with E-state index in [4.69, 9.17) is 4.42 Å². The van der Waals surface area contributed by atoms with Gasteiger partial charge in [-0.2, -0.15) is 0 Å². The van der Waals surface area contributed by atoms with Gasteiger partial charge in [0.05, 0.1) is 18.8 Å². The Morgan fingerprint density at radius 3 is 2.50 bits per heavy atom. The second-order valence-electron chi connectivity index (χ2n) is 4.96. The first-order valence-electron chi connectivity index (χ1n) is 6.59. The van der Waals surface area contributed by atoms with Gasteiger partial charge in [-0.3, -0.25) is 4.79 Å². The van der Waals surface area contributed by atoms with Crippen LogP contribution in [0.3, 0.4) is 0 Å². The molecule has 0 radical (unpaired) electrons. The third-order valence-corrected chi connectivity index (χ3v) is 3.71.